The van der Waals surface area contributed by atoms with E-state index in [1.807, 2.05) is 0 Å². The smallest absolute Gasteiger partial charge is 0.250 e. The van der Waals surface area contributed by atoms with Gasteiger partial charge < -0.3 is 4.98 Å². The summed E-state index contributed by atoms with van der Waals surface area (Å²) in [6.45, 7) is 2.12. The quantitative estimate of drug-likeness (QED) is 0.705. The van der Waals surface area contributed by atoms with Crippen LogP contribution in [0.25, 0.3) is 0 Å². The van der Waals surface area contributed by atoms with E-state index in [1.165, 1.54) is 6.33 Å². The molecule has 0 unspecified atom stereocenters. The van der Waals surface area contributed by atoms with Crippen molar-refractivity contribution >= 4 is 0 Å². The summed E-state index contributed by atoms with van der Waals surface area (Å²) in [7, 11) is 0. The van der Waals surface area contributed by atoms with Crippen molar-refractivity contribution in [2.75, 3.05) is 0 Å². The lowest BCUT2D eigenvalue weighted by molar-refractivity contribution is 0.771. The molecule has 1 rings (SSSR count). The molecule has 0 aliphatic carbocycles. The first kappa shape index (κ1) is 7.98. The third-order valence-electron chi connectivity index (χ3n) is 1.52. The van der Waals surface area contributed by atoms with Crippen molar-refractivity contribution in [2.24, 2.45) is 0 Å². The molecule has 1 N–H and O–H groups in total. The molecule has 0 saturated heterocycles. The van der Waals surface area contributed by atoms with E-state index in [0.29, 0.717) is 0 Å². The molecule has 0 atom stereocenters. The molecule has 0 amide bonds. The first-order valence-electron chi connectivity index (χ1n) is 3.86. The number of hydrogen-bond donors (Lipinski definition) is 1. The molecule has 0 fully saturated rings. The van der Waals surface area contributed by atoms with Gasteiger partial charge in [0.1, 0.15) is 0 Å². The minimum atomic E-state index is -0.0638. The van der Waals surface area contributed by atoms with Gasteiger partial charge in [-0.1, -0.05) is 13.3 Å². The topological polar surface area (TPSA) is 45.8 Å². The van der Waals surface area contributed by atoms with Crippen LogP contribution in [0.1, 0.15) is 25.5 Å². The van der Waals surface area contributed by atoms with Gasteiger partial charge in [-0.3, -0.25) is 4.79 Å². The Morgan fingerprint density at radius 1 is 1.64 bits per heavy atom. The molecule has 3 heteroatoms. The van der Waals surface area contributed by atoms with E-state index in [1.54, 1.807) is 6.07 Å². The maximum atomic E-state index is 10.8. The number of aromatic amines is 1. The summed E-state index contributed by atoms with van der Waals surface area (Å²) in [4.78, 5) is 17.3. The van der Waals surface area contributed by atoms with E-state index in [0.717, 1.165) is 25.0 Å². The largest absolute Gasteiger partial charge is 0.313 e. The first-order valence-corrected chi connectivity index (χ1v) is 3.86. The highest BCUT2D eigenvalue weighted by molar-refractivity contribution is 4.97. The van der Waals surface area contributed by atoms with Gasteiger partial charge in [-0.2, -0.15) is 0 Å². The van der Waals surface area contributed by atoms with Gasteiger partial charge in [-0.05, 0) is 12.8 Å². The minimum Gasteiger partial charge on any atom is -0.313 e. The monoisotopic (exact) mass is 152 g/mol. The predicted octanol–water partition coefficient (Wildman–Crippen LogP) is 1.11. The molecule has 0 spiro atoms. The van der Waals surface area contributed by atoms with Crippen LogP contribution in [0.4, 0.5) is 0 Å². The van der Waals surface area contributed by atoms with Crippen LogP contribution in [-0.2, 0) is 6.42 Å². The van der Waals surface area contributed by atoms with Crippen molar-refractivity contribution < 1.29 is 0 Å². The fourth-order valence-electron chi connectivity index (χ4n) is 0.904. The molecule has 60 valence electrons. The van der Waals surface area contributed by atoms with Crippen LogP contribution < -0.4 is 5.56 Å². The van der Waals surface area contributed by atoms with Gasteiger partial charge in [0.2, 0.25) is 0 Å². The number of unbranched alkanes of at least 4 members (excludes halogenated alkanes) is 1. The lowest BCUT2D eigenvalue weighted by Gasteiger charge is -1.95. The van der Waals surface area contributed by atoms with Gasteiger partial charge in [0.25, 0.3) is 5.56 Å². The molecule has 1 aromatic rings. The summed E-state index contributed by atoms with van der Waals surface area (Å²) in [5, 5.41) is 0. The van der Waals surface area contributed by atoms with Crippen molar-refractivity contribution in [1.82, 2.24) is 9.97 Å². The minimum absolute atomic E-state index is 0.0638. The van der Waals surface area contributed by atoms with E-state index in [2.05, 4.69) is 16.9 Å². The predicted molar refractivity (Wildman–Crippen MR) is 43.5 cm³/mol. The Morgan fingerprint density at radius 2 is 2.45 bits per heavy atom. The Labute approximate surface area is 65.5 Å². The van der Waals surface area contributed by atoms with Crippen LogP contribution in [0.2, 0.25) is 0 Å². The Morgan fingerprint density at radius 3 is 3.09 bits per heavy atom. The zero-order chi connectivity index (χ0) is 8.10. The number of nitrogens with zero attached hydrogens (tertiary/aromatic N) is 1. The molecule has 0 aromatic carbocycles. The second-order valence-electron chi connectivity index (χ2n) is 2.51. The van der Waals surface area contributed by atoms with Gasteiger partial charge in [-0.15, -0.1) is 0 Å². The fraction of sp³-hybridized carbons (Fsp3) is 0.500. The molecule has 0 radical (unpaired) electrons. The number of hydrogen-bond acceptors (Lipinski definition) is 2. The maximum absolute atomic E-state index is 10.8. The zero-order valence-electron chi connectivity index (χ0n) is 6.63. The average Bonchev–Trinajstić information content (AvgIpc) is 2.01. The molecular formula is C8H12N2O. The van der Waals surface area contributed by atoms with Crippen LogP contribution in [-0.4, -0.2) is 9.97 Å². The zero-order valence-corrected chi connectivity index (χ0v) is 6.63. The summed E-state index contributed by atoms with van der Waals surface area (Å²) >= 11 is 0. The Bertz CT molecular complexity index is 267. The Kier molecular flexibility index (Phi) is 2.83. The number of aryl methyl sites for hydroxylation is 1. The third kappa shape index (κ3) is 2.53. The van der Waals surface area contributed by atoms with Gasteiger partial charge in [-0.25, -0.2) is 4.98 Å². The average molecular weight is 152 g/mol. The molecule has 3 nitrogen and oxygen atoms in total. The number of nitrogens with one attached hydrogen (secondary N) is 1. The van der Waals surface area contributed by atoms with E-state index in [9.17, 15) is 4.79 Å². The molecule has 1 heterocycles. The first-order chi connectivity index (χ1) is 5.33. The van der Waals surface area contributed by atoms with Gasteiger partial charge in [0, 0.05) is 11.8 Å². The van der Waals surface area contributed by atoms with Crippen LogP contribution >= 0.6 is 0 Å². The lowest BCUT2D eigenvalue weighted by atomic mass is 10.2. The molecule has 0 aliphatic heterocycles. The van der Waals surface area contributed by atoms with E-state index < -0.39 is 0 Å². The van der Waals surface area contributed by atoms with Crippen molar-refractivity contribution in [1.29, 1.82) is 0 Å². The molecule has 11 heavy (non-hydrogen) atoms. The van der Waals surface area contributed by atoms with Crippen LogP contribution in [0.5, 0.6) is 0 Å². The standard InChI is InChI=1S/C8H12N2O/c1-2-3-4-7-5-8(11)10-6-9-7/h5-6H,2-4H2,1H3,(H,9,10,11). The maximum Gasteiger partial charge on any atom is 0.250 e. The SMILES string of the molecule is CCCCc1cc(=O)[nH]cn1. The number of aromatic nitrogens is 2. The highest BCUT2D eigenvalue weighted by Crippen LogP contribution is 1.96. The summed E-state index contributed by atoms with van der Waals surface area (Å²) < 4.78 is 0. The molecule has 1 aromatic heterocycles. The normalized spacial score (nSPS) is 9.91. The highest BCUT2D eigenvalue weighted by Gasteiger charge is 1.92. The van der Waals surface area contributed by atoms with Gasteiger partial charge in [0.05, 0.1) is 6.33 Å². The van der Waals surface area contributed by atoms with Crippen molar-refractivity contribution in [3.05, 3.63) is 28.4 Å². The third-order valence-corrected chi connectivity index (χ3v) is 1.52. The van der Waals surface area contributed by atoms with Crippen LogP contribution in [0.15, 0.2) is 17.2 Å². The van der Waals surface area contributed by atoms with Crippen LogP contribution in [0.3, 0.4) is 0 Å². The van der Waals surface area contributed by atoms with E-state index >= 15 is 0 Å². The van der Waals surface area contributed by atoms with E-state index in [-0.39, 0.29) is 5.56 Å². The Balaban J connectivity index is 2.64. The summed E-state index contributed by atoms with van der Waals surface area (Å²) in [6, 6.07) is 1.55. The second kappa shape index (κ2) is 3.91. The van der Waals surface area contributed by atoms with E-state index in [4.69, 9.17) is 0 Å². The molecule has 0 saturated carbocycles. The fourth-order valence-corrected chi connectivity index (χ4v) is 0.904. The molecular weight excluding hydrogens is 140 g/mol. The van der Waals surface area contributed by atoms with Crippen LogP contribution in [0, 0.1) is 0 Å². The van der Waals surface area contributed by atoms with Crippen molar-refractivity contribution in [2.45, 2.75) is 26.2 Å². The summed E-state index contributed by atoms with van der Waals surface area (Å²) in [5.41, 5.74) is 0.821. The lowest BCUT2D eigenvalue weighted by Crippen LogP contribution is -2.06. The molecule has 0 bridgehead atoms. The van der Waals surface area contributed by atoms with Crippen molar-refractivity contribution in [3.63, 3.8) is 0 Å². The molecule has 0 aliphatic rings. The van der Waals surface area contributed by atoms with Gasteiger partial charge >= 0.3 is 0 Å². The summed E-state index contributed by atoms with van der Waals surface area (Å²) in [5.74, 6) is 0. The number of H-pyrrole nitrogens is 1. The second-order valence-corrected chi connectivity index (χ2v) is 2.51. The Hall–Kier alpha value is -1.12. The highest BCUT2D eigenvalue weighted by atomic mass is 16.1. The van der Waals surface area contributed by atoms with Gasteiger partial charge in [0.15, 0.2) is 0 Å². The van der Waals surface area contributed by atoms with Crippen molar-refractivity contribution in [3.8, 4) is 0 Å². The summed E-state index contributed by atoms with van der Waals surface area (Å²) in [6.07, 6.45) is 4.58. The number of rotatable bonds is 3.